The average molecular weight is 360 g/mol. The van der Waals surface area contributed by atoms with Crippen LogP contribution in [0.5, 0.6) is 0 Å². The molecule has 0 aliphatic rings. The zero-order chi connectivity index (χ0) is 18.5. The van der Waals surface area contributed by atoms with E-state index in [1.165, 1.54) is 24.3 Å². The van der Waals surface area contributed by atoms with Gasteiger partial charge in [0.2, 0.25) is 5.43 Å². The zero-order valence-electron chi connectivity index (χ0n) is 13.9. The molecule has 7 heteroatoms. The molecule has 0 aliphatic heterocycles. The lowest BCUT2D eigenvalue weighted by molar-refractivity contribution is 0.0697. The average Bonchev–Trinajstić information content (AvgIpc) is 2.52. The second-order valence-electron chi connectivity index (χ2n) is 6.27. The Balaban J connectivity index is 2.55. The highest BCUT2D eigenvalue weighted by atomic mass is 32.2. The van der Waals surface area contributed by atoms with Crippen LogP contribution in [0, 0.1) is 0 Å². The first-order valence-electron chi connectivity index (χ1n) is 7.57. The van der Waals surface area contributed by atoms with Gasteiger partial charge in [-0.05, 0) is 41.8 Å². The van der Waals surface area contributed by atoms with Gasteiger partial charge in [0.05, 0.1) is 16.3 Å². The number of benzene rings is 2. The number of aromatic carboxylic acids is 1. The van der Waals surface area contributed by atoms with Gasteiger partial charge in [-0.3, -0.25) is 4.79 Å². The summed E-state index contributed by atoms with van der Waals surface area (Å²) in [4.78, 5) is 24.0. The van der Waals surface area contributed by atoms with Crippen molar-refractivity contribution in [1.82, 2.24) is 0 Å². The molecule has 0 unspecified atom stereocenters. The quantitative estimate of drug-likeness (QED) is 0.720. The lowest BCUT2D eigenvalue weighted by Crippen LogP contribution is -2.08. The Kier molecular flexibility index (Phi) is 3.91. The maximum Gasteiger partial charge on any atom is 0.335 e. The summed E-state index contributed by atoms with van der Waals surface area (Å²) in [5.41, 5.74) is 0.334. The number of hydrogen-bond acceptors (Lipinski definition) is 5. The SMILES string of the molecule is CC(C)c1cc(S(C)(=O)=O)c2oc3ccc(C(=O)O)cc3c(=O)c2c1. The standard InChI is InChI=1S/C18H16O6S/c1-9(2)11-7-13-16(19)12-6-10(18(20)21)4-5-14(12)24-17(13)15(8-11)25(3,22)23/h4-9H,1-3H3,(H,20,21). The van der Waals surface area contributed by atoms with Gasteiger partial charge < -0.3 is 9.52 Å². The van der Waals surface area contributed by atoms with Crippen molar-refractivity contribution in [2.45, 2.75) is 24.7 Å². The Hall–Kier alpha value is -2.67. The van der Waals surface area contributed by atoms with Crippen molar-refractivity contribution in [3.05, 3.63) is 51.7 Å². The van der Waals surface area contributed by atoms with Crippen LogP contribution in [0.15, 0.2) is 44.4 Å². The fourth-order valence-corrected chi connectivity index (χ4v) is 3.53. The summed E-state index contributed by atoms with van der Waals surface area (Å²) in [6.07, 6.45) is 1.06. The van der Waals surface area contributed by atoms with Gasteiger partial charge in [0.15, 0.2) is 15.4 Å². The number of fused-ring (bicyclic) bond motifs is 2. The maximum atomic E-state index is 12.9. The Morgan fingerprint density at radius 3 is 2.36 bits per heavy atom. The Morgan fingerprint density at radius 2 is 1.80 bits per heavy atom. The first-order valence-corrected chi connectivity index (χ1v) is 9.46. The second kappa shape index (κ2) is 5.70. The van der Waals surface area contributed by atoms with Gasteiger partial charge in [-0.2, -0.15) is 0 Å². The predicted octanol–water partition coefficient (Wildman–Crippen LogP) is 3.17. The highest BCUT2D eigenvalue weighted by Crippen LogP contribution is 2.29. The molecule has 6 nitrogen and oxygen atoms in total. The van der Waals surface area contributed by atoms with E-state index in [0.717, 1.165) is 6.26 Å². The Morgan fingerprint density at radius 1 is 1.12 bits per heavy atom. The van der Waals surface area contributed by atoms with Crippen LogP contribution in [-0.2, 0) is 9.84 Å². The van der Waals surface area contributed by atoms with Crippen LogP contribution in [0.25, 0.3) is 21.9 Å². The molecule has 0 atom stereocenters. The van der Waals surface area contributed by atoms with Crippen molar-refractivity contribution in [2.24, 2.45) is 0 Å². The van der Waals surface area contributed by atoms with Crippen LogP contribution in [0.4, 0.5) is 0 Å². The summed E-state index contributed by atoms with van der Waals surface area (Å²) >= 11 is 0. The summed E-state index contributed by atoms with van der Waals surface area (Å²) in [6.45, 7) is 3.77. The number of carboxylic acids is 1. The summed E-state index contributed by atoms with van der Waals surface area (Å²) in [5.74, 6) is -1.15. The van der Waals surface area contributed by atoms with E-state index >= 15 is 0 Å². The lowest BCUT2D eigenvalue weighted by Gasteiger charge is -2.11. The zero-order valence-corrected chi connectivity index (χ0v) is 14.7. The van der Waals surface area contributed by atoms with Crippen molar-refractivity contribution < 1.29 is 22.7 Å². The molecule has 1 N–H and O–H groups in total. The van der Waals surface area contributed by atoms with Crippen LogP contribution in [0.3, 0.4) is 0 Å². The molecule has 0 amide bonds. The van der Waals surface area contributed by atoms with Gasteiger partial charge in [0.25, 0.3) is 0 Å². The van der Waals surface area contributed by atoms with E-state index in [9.17, 15) is 18.0 Å². The highest BCUT2D eigenvalue weighted by molar-refractivity contribution is 7.91. The maximum absolute atomic E-state index is 12.9. The molecule has 0 fully saturated rings. The normalized spacial score (nSPS) is 12.2. The molecule has 25 heavy (non-hydrogen) atoms. The van der Waals surface area contributed by atoms with Gasteiger partial charge in [-0.25, -0.2) is 13.2 Å². The molecule has 0 saturated carbocycles. The van der Waals surface area contributed by atoms with Gasteiger partial charge in [0, 0.05) is 6.26 Å². The summed E-state index contributed by atoms with van der Waals surface area (Å²) < 4.78 is 30.0. The molecular weight excluding hydrogens is 344 g/mol. The van der Waals surface area contributed by atoms with Crippen LogP contribution < -0.4 is 5.43 Å². The largest absolute Gasteiger partial charge is 0.478 e. The molecule has 1 aromatic heterocycles. The minimum absolute atomic E-state index is 0.00495. The van der Waals surface area contributed by atoms with E-state index in [1.54, 1.807) is 6.07 Å². The number of carboxylic acid groups (broad SMARTS) is 1. The molecule has 0 saturated heterocycles. The van der Waals surface area contributed by atoms with E-state index < -0.39 is 21.2 Å². The molecular formula is C18H16O6S. The molecule has 3 aromatic rings. The van der Waals surface area contributed by atoms with E-state index in [2.05, 4.69) is 0 Å². The van der Waals surface area contributed by atoms with Crippen molar-refractivity contribution in [1.29, 1.82) is 0 Å². The Bertz CT molecular complexity index is 1190. The number of sulfone groups is 1. The van der Waals surface area contributed by atoms with Gasteiger partial charge in [-0.1, -0.05) is 13.8 Å². The van der Waals surface area contributed by atoms with Gasteiger partial charge in [0.1, 0.15) is 10.5 Å². The van der Waals surface area contributed by atoms with Crippen molar-refractivity contribution in [2.75, 3.05) is 6.26 Å². The van der Waals surface area contributed by atoms with Crippen molar-refractivity contribution in [3.8, 4) is 0 Å². The summed E-state index contributed by atoms with van der Waals surface area (Å²) in [7, 11) is -3.62. The minimum atomic E-state index is -3.62. The molecule has 0 radical (unpaired) electrons. The molecule has 3 rings (SSSR count). The van der Waals surface area contributed by atoms with Crippen LogP contribution in [0.1, 0.15) is 35.7 Å². The highest BCUT2D eigenvalue weighted by Gasteiger charge is 2.20. The predicted molar refractivity (Wildman–Crippen MR) is 94.1 cm³/mol. The second-order valence-corrected chi connectivity index (χ2v) is 8.25. The van der Waals surface area contributed by atoms with Crippen LogP contribution >= 0.6 is 0 Å². The lowest BCUT2D eigenvalue weighted by atomic mass is 10.0. The smallest absolute Gasteiger partial charge is 0.335 e. The van der Waals surface area contributed by atoms with Gasteiger partial charge in [-0.15, -0.1) is 0 Å². The van der Waals surface area contributed by atoms with Crippen molar-refractivity contribution >= 4 is 37.7 Å². The number of rotatable bonds is 3. The first-order chi connectivity index (χ1) is 11.6. The fourth-order valence-electron chi connectivity index (χ4n) is 2.69. The third kappa shape index (κ3) is 2.91. The first kappa shape index (κ1) is 17.2. The molecule has 0 aliphatic carbocycles. The van der Waals surface area contributed by atoms with E-state index in [0.29, 0.717) is 5.56 Å². The fraction of sp³-hybridized carbons (Fsp3) is 0.222. The monoisotopic (exact) mass is 360 g/mol. The summed E-state index contributed by atoms with van der Waals surface area (Å²) in [6, 6.07) is 7.03. The molecule has 0 bridgehead atoms. The van der Waals surface area contributed by atoms with Crippen molar-refractivity contribution in [3.63, 3.8) is 0 Å². The van der Waals surface area contributed by atoms with Gasteiger partial charge >= 0.3 is 5.97 Å². The Labute approximate surface area is 143 Å². The van der Waals surface area contributed by atoms with E-state index in [4.69, 9.17) is 9.52 Å². The molecule has 0 spiro atoms. The van der Waals surface area contributed by atoms with Crippen LogP contribution in [0.2, 0.25) is 0 Å². The molecule has 1 heterocycles. The molecule has 130 valence electrons. The number of hydrogen-bond donors (Lipinski definition) is 1. The van der Waals surface area contributed by atoms with E-state index in [1.807, 2.05) is 13.8 Å². The third-order valence-electron chi connectivity index (χ3n) is 4.07. The van der Waals surface area contributed by atoms with E-state index in [-0.39, 0.29) is 38.3 Å². The van der Waals surface area contributed by atoms with Crippen LogP contribution in [-0.4, -0.2) is 25.7 Å². The number of carbonyl (C=O) groups is 1. The molecule has 2 aromatic carbocycles. The minimum Gasteiger partial charge on any atom is -0.478 e. The topological polar surface area (TPSA) is 102 Å². The third-order valence-corrected chi connectivity index (χ3v) is 5.17. The summed E-state index contributed by atoms with van der Waals surface area (Å²) in [5, 5.41) is 9.34.